The van der Waals surface area contributed by atoms with Crippen molar-refractivity contribution < 1.29 is 33.3 Å². The maximum absolute atomic E-state index is 12.6. The first-order valence-electron chi connectivity index (χ1n) is 9.26. The van der Waals surface area contributed by atoms with E-state index in [1.807, 2.05) is 19.9 Å². The van der Waals surface area contributed by atoms with E-state index >= 15 is 0 Å². The summed E-state index contributed by atoms with van der Waals surface area (Å²) in [5.41, 5.74) is 6.46. The Morgan fingerprint density at radius 3 is 2.37 bits per heavy atom. The van der Waals surface area contributed by atoms with Crippen molar-refractivity contribution in [3.05, 3.63) is 46.6 Å². The van der Waals surface area contributed by atoms with Crippen molar-refractivity contribution in [2.24, 2.45) is 5.73 Å². The molecule has 1 aromatic rings. The molecule has 0 bridgehead atoms. The maximum Gasteiger partial charge on any atom is 0.338 e. The molecule has 0 fully saturated rings. The molecule has 1 aliphatic heterocycles. The molecule has 0 aromatic heterocycles. The molecule has 0 amide bonds. The highest BCUT2D eigenvalue weighted by molar-refractivity contribution is 5.93. The molecule has 1 heterocycles. The number of allylic oxidation sites excluding steroid dienone is 1. The van der Waals surface area contributed by atoms with Crippen LogP contribution in [0.25, 0.3) is 0 Å². The fourth-order valence-electron chi connectivity index (χ4n) is 3.07. The van der Waals surface area contributed by atoms with Crippen molar-refractivity contribution >= 4 is 11.9 Å². The summed E-state index contributed by atoms with van der Waals surface area (Å²) in [5.74, 6) is -1.61. The third-order valence-corrected chi connectivity index (χ3v) is 4.34. The van der Waals surface area contributed by atoms with Crippen LogP contribution < -0.4 is 15.2 Å². The smallest absolute Gasteiger partial charge is 0.338 e. The number of rotatable bonds is 8. The van der Waals surface area contributed by atoms with E-state index < -0.39 is 17.9 Å². The van der Waals surface area contributed by atoms with Gasteiger partial charge in [0.25, 0.3) is 0 Å². The molecule has 0 saturated heterocycles. The van der Waals surface area contributed by atoms with Gasteiger partial charge in [-0.3, -0.25) is 4.79 Å². The van der Waals surface area contributed by atoms with E-state index in [0.717, 1.165) is 0 Å². The van der Waals surface area contributed by atoms with E-state index in [9.17, 15) is 14.9 Å². The average Bonchev–Trinajstić information content (AvgIpc) is 2.74. The quantitative estimate of drug-likeness (QED) is 0.634. The van der Waals surface area contributed by atoms with E-state index in [-0.39, 0.29) is 29.2 Å². The van der Waals surface area contributed by atoms with Gasteiger partial charge in [0.05, 0.1) is 38.9 Å². The Morgan fingerprint density at radius 1 is 1.13 bits per heavy atom. The first-order valence-corrected chi connectivity index (χ1v) is 9.26. The Kier molecular flexibility index (Phi) is 7.69. The van der Waals surface area contributed by atoms with Gasteiger partial charge in [-0.15, -0.1) is 0 Å². The number of nitrogens with two attached hydrogens (primary N) is 1. The van der Waals surface area contributed by atoms with Gasteiger partial charge in [-0.2, -0.15) is 5.26 Å². The highest BCUT2D eigenvalue weighted by atomic mass is 16.5. The monoisotopic (exact) mass is 416 g/mol. The Labute approximate surface area is 174 Å². The zero-order valence-corrected chi connectivity index (χ0v) is 17.3. The largest absolute Gasteiger partial charge is 0.490 e. The van der Waals surface area contributed by atoms with Crippen LogP contribution in [0.4, 0.5) is 0 Å². The molecule has 0 radical (unpaired) electrons. The van der Waals surface area contributed by atoms with Gasteiger partial charge < -0.3 is 29.4 Å². The number of methoxy groups -OCH3 is 2. The van der Waals surface area contributed by atoms with Gasteiger partial charge in [-0.1, -0.05) is 6.07 Å². The lowest BCUT2D eigenvalue weighted by atomic mass is 9.82. The maximum atomic E-state index is 12.6. The molecule has 1 aliphatic rings. The Balaban J connectivity index is 2.70. The molecule has 9 heteroatoms. The normalized spacial score (nSPS) is 15.8. The molecular formula is C21H24N2O7. The summed E-state index contributed by atoms with van der Waals surface area (Å²) >= 11 is 0. The molecular weight excluding hydrogens is 392 g/mol. The van der Waals surface area contributed by atoms with Gasteiger partial charge in [0, 0.05) is 0 Å². The Morgan fingerprint density at radius 2 is 1.80 bits per heavy atom. The molecule has 160 valence electrons. The first kappa shape index (κ1) is 22.6. The number of hydrogen-bond donors (Lipinski definition) is 1. The number of carbonyl (C=O) groups excluding carboxylic acids is 2. The predicted octanol–water partition coefficient (Wildman–Crippen LogP) is 2.28. The van der Waals surface area contributed by atoms with Crippen molar-refractivity contribution in [1.29, 1.82) is 5.26 Å². The van der Waals surface area contributed by atoms with E-state index in [4.69, 9.17) is 24.7 Å². The standard InChI is InChI=1S/C21H24N2O7/c1-5-28-14-8-7-12(9-15(14)29-6-2)18-13(11-22)20(23)30-16(10-17(24)26-3)19(18)21(25)27-4/h7-9,18H,5-6,10,23H2,1-4H3/t18-/m0/s1. The fraction of sp³-hybridized carbons (Fsp3) is 0.381. The number of esters is 2. The van der Waals surface area contributed by atoms with Crippen LogP contribution in [-0.4, -0.2) is 39.4 Å². The molecule has 2 rings (SSSR count). The van der Waals surface area contributed by atoms with E-state index in [2.05, 4.69) is 4.74 Å². The van der Waals surface area contributed by atoms with Gasteiger partial charge in [0.15, 0.2) is 11.5 Å². The number of hydrogen-bond acceptors (Lipinski definition) is 9. The molecule has 30 heavy (non-hydrogen) atoms. The lowest BCUT2D eigenvalue weighted by Crippen LogP contribution is -2.27. The van der Waals surface area contributed by atoms with Gasteiger partial charge >= 0.3 is 11.9 Å². The second-order valence-corrected chi connectivity index (χ2v) is 6.08. The summed E-state index contributed by atoms with van der Waals surface area (Å²) in [5, 5.41) is 9.70. The van der Waals surface area contributed by atoms with E-state index in [1.54, 1.807) is 18.2 Å². The summed E-state index contributed by atoms with van der Waals surface area (Å²) in [6, 6.07) is 7.02. The van der Waals surface area contributed by atoms with Crippen LogP contribution in [0.5, 0.6) is 11.5 Å². The van der Waals surface area contributed by atoms with Crippen LogP contribution in [0.2, 0.25) is 0 Å². The number of carbonyl (C=O) groups is 2. The molecule has 0 unspecified atom stereocenters. The van der Waals surface area contributed by atoms with Crippen LogP contribution >= 0.6 is 0 Å². The summed E-state index contributed by atoms with van der Waals surface area (Å²) in [4.78, 5) is 24.5. The topological polar surface area (TPSA) is 130 Å². The first-order chi connectivity index (χ1) is 14.4. The van der Waals surface area contributed by atoms with Gasteiger partial charge in [-0.05, 0) is 31.5 Å². The van der Waals surface area contributed by atoms with Crippen molar-refractivity contribution in [1.82, 2.24) is 0 Å². The molecule has 2 N–H and O–H groups in total. The van der Waals surface area contributed by atoms with E-state index in [0.29, 0.717) is 30.3 Å². The third-order valence-electron chi connectivity index (χ3n) is 4.34. The van der Waals surface area contributed by atoms with Gasteiger partial charge in [0.2, 0.25) is 5.88 Å². The highest BCUT2D eigenvalue weighted by Crippen LogP contribution is 2.43. The zero-order chi connectivity index (χ0) is 22.3. The lowest BCUT2D eigenvalue weighted by molar-refractivity contribution is -0.140. The average molecular weight is 416 g/mol. The minimum Gasteiger partial charge on any atom is -0.490 e. The number of nitriles is 1. The minimum atomic E-state index is -0.925. The molecule has 0 spiro atoms. The number of ether oxygens (including phenoxy) is 5. The SMILES string of the molecule is CCOc1ccc([C@H]2C(C#N)=C(N)OC(CC(=O)OC)=C2C(=O)OC)cc1OCC. The predicted molar refractivity (Wildman–Crippen MR) is 105 cm³/mol. The highest BCUT2D eigenvalue weighted by Gasteiger charge is 2.38. The molecule has 1 aromatic carbocycles. The van der Waals surface area contributed by atoms with Crippen LogP contribution in [0.3, 0.4) is 0 Å². The third kappa shape index (κ3) is 4.66. The summed E-state index contributed by atoms with van der Waals surface area (Å²) < 4.78 is 26.2. The van der Waals surface area contributed by atoms with Crippen LogP contribution in [0.15, 0.2) is 41.0 Å². The summed E-state index contributed by atoms with van der Waals surface area (Å²) in [6.07, 6.45) is -0.355. The van der Waals surface area contributed by atoms with Gasteiger partial charge in [0.1, 0.15) is 23.8 Å². The summed E-state index contributed by atoms with van der Waals surface area (Å²) in [7, 11) is 2.40. The lowest BCUT2D eigenvalue weighted by Gasteiger charge is -2.28. The van der Waals surface area contributed by atoms with Crippen LogP contribution in [0, 0.1) is 11.3 Å². The van der Waals surface area contributed by atoms with E-state index in [1.165, 1.54) is 14.2 Å². The van der Waals surface area contributed by atoms with Crippen molar-refractivity contribution in [2.75, 3.05) is 27.4 Å². The second kappa shape index (κ2) is 10.2. The molecule has 0 saturated carbocycles. The number of nitrogens with zero attached hydrogens (tertiary/aromatic N) is 1. The second-order valence-electron chi connectivity index (χ2n) is 6.08. The zero-order valence-electron chi connectivity index (χ0n) is 17.3. The minimum absolute atomic E-state index is 0.00984. The Hall–Kier alpha value is -3.67. The summed E-state index contributed by atoms with van der Waals surface area (Å²) in [6.45, 7) is 4.48. The van der Waals surface area contributed by atoms with Gasteiger partial charge in [-0.25, -0.2) is 4.79 Å². The van der Waals surface area contributed by atoms with Crippen LogP contribution in [-0.2, 0) is 23.8 Å². The fourth-order valence-corrected chi connectivity index (χ4v) is 3.07. The molecule has 1 atom stereocenters. The van der Waals surface area contributed by atoms with Crippen molar-refractivity contribution in [3.63, 3.8) is 0 Å². The van der Waals surface area contributed by atoms with Crippen molar-refractivity contribution in [2.45, 2.75) is 26.2 Å². The number of benzene rings is 1. The Bertz CT molecular complexity index is 928. The van der Waals surface area contributed by atoms with Crippen LogP contribution in [0.1, 0.15) is 31.7 Å². The van der Waals surface area contributed by atoms with Crippen molar-refractivity contribution in [3.8, 4) is 17.6 Å². The molecule has 0 aliphatic carbocycles. The molecule has 9 nitrogen and oxygen atoms in total.